The molecule has 0 spiro atoms. The minimum atomic E-state index is -0.521. The summed E-state index contributed by atoms with van der Waals surface area (Å²) in [5, 5.41) is 4.28. The molecular weight excluding hydrogens is 519 g/mol. The molecule has 5 rings (SSSR count). The number of aromatic nitrogens is 2. The van der Waals surface area contributed by atoms with Crippen LogP contribution in [0, 0.1) is 3.95 Å². The van der Waals surface area contributed by atoms with Gasteiger partial charge in [-0.15, -0.1) is 5.10 Å². The van der Waals surface area contributed by atoms with Crippen molar-refractivity contribution in [3.63, 3.8) is 0 Å². The molecule has 0 unspecified atom stereocenters. The number of ether oxygens (including phenoxy) is 1. The van der Waals surface area contributed by atoms with Crippen molar-refractivity contribution in [2.24, 2.45) is 0 Å². The molecule has 5 nitrogen and oxygen atoms in total. The number of hydrogen-bond acceptors (Lipinski definition) is 6. The average Bonchev–Trinajstić information content (AvgIpc) is 3.27. The van der Waals surface area contributed by atoms with Gasteiger partial charge < -0.3 is 9.64 Å². The van der Waals surface area contributed by atoms with Crippen LogP contribution in [0.25, 0.3) is 11.3 Å². The monoisotopic (exact) mass is 545 g/mol. The Morgan fingerprint density at radius 2 is 1.73 bits per heavy atom. The summed E-state index contributed by atoms with van der Waals surface area (Å²) < 4.78 is 8.61. The highest BCUT2D eigenvalue weighted by molar-refractivity contribution is 8.02. The predicted octanol–water partition coefficient (Wildman–Crippen LogP) is 7.73. The molecule has 2 heterocycles. The number of benzene rings is 3. The predicted molar refractivity (Wildman–Crippen MR) is 156 cm³/mol. The summed E-state index contributed by atoms with van der Waals surface area (Å²) in [5.41, 5.74) is 4.28. The van der Waals surface area contributed by atoms with Crippen LogP contribution in [-0.4, -0.2) is 28.3 Å². The number of methoxy groups -OCH3 is 1. The second kappa shape index (κ2) is 10.3. The van der Waals surface area contributed by atoms with Gasteiger partial charge in [0.15, 0.2) is 8.29 Å². The van der Waals surface area contributed by atoms with Crippen LogP contribution >= 0.6 is 35.3 Å². The van der Waals surface area contributed by atoms with E-state index in [2.05, 4.69) is 26.8 Å². The fourth-order valence-corrected chi connectivity index (χ4v) is 7.28. The largest absolute Gasteiger partial charge is 0.497 e. The number of anilines is 1. The van der Waals surface area contributed by atoms with Gasteiger partial charge in [-0.3, -0.25) is 4.79 Å². The van der Waals surface area contributed by atoms with E-state index < -0.39 is 10.8 Å². The highest BCUT2D eigenvalue weighted by atomic mass is 32.2. The van der Waals surface area contributed by atoms with Crippen LogP contribution in [0.15, 0.2) is 89.3 Å². The zero-order valence-corrected chi connectivity index (χ0v) is 23.5. The third-order valence-corrected chi connectivity index (χ3v) is 8.87. The maximum atomic E-state index is 14.5. The first-order valence-electron chi connectivity index (χ1n) is 11.9. The summed E-state index contributed by atoms with van der Waals surface area (Å²) in [6.07, 6.45) is 2.15. The summed E-state index contributed by atoms with van der Waals surface area (Å²) >= 11 is 8.49. The van der Waals surface area contributed by atoms with Gasteiger partial charge in [0.05, 0.1) is 24.0 Å². The summed E-state index contributed by atoms with van der Waals surface area (Å²) in [7, 11) is 1.65. The van der Waals surface area contributed by atoms with Crippen molar-refractivity contribution in [3.8, 4) is 11.4 Å². The first-order chi connectivity index (χ1) is 17.8. The molecule has 1 atom stereocenters. The van der Waals surface area contributed by atoms with E-state index in [0.29, 0.717) is 3.95 Å². The lowest BCUT2D eigenvalue weighted by Crippen LogP contribution is -2.50. The Morgan fingerprint density at radius 1 is 1.05 bits per heavy atom. The van der Waals surface area contributed by atoms with E-state index in [4.69, 9.17) is 22.1 Å². The Labute approximate surface area is 230 Å². The number of nitrogens with zero attached hydrogens (tertiary/aromatic N) is 3. The maximum absolute atomic E-state index is 14.5. The Morgan fingerprint density at radius 3 is 2.41 bits per heavy atom. The van der Waals surface area contributed by atoms with E-state index in [1.165, 1.54) is 23.1 Å². The highest BCUT2D eigenvalue weighted by Crippen LogP contribution is 2.45. The summed E-state index contributed by atoms with van der Waals surface area (Å²) in [5.74, 6) is 0.752. The molecule has 4 aromatic rings. The summed E-state index contributed by atoms with van der Waals surface area (Å²) in [6.45, 7) is 6.22. The Kier molecular flexibility index (Phi) is 7.07. The summed E-state index contributed by atoms with van der Waals surface area (Å²) in [6, 6.07) is 25.6. The summed E-state index contributed by atoms with van der Waals surface area (Å²) in [4.78, 5) is 16.4. The molecule has 0 N–H and O–H groups in total. The third-order valence-electron chi connectivity index (χ3n) is 6.31. The lowest BCUT2D eigenvalue weighted by molar-refractivity contribution is -0.119. The molecule has 0 aliphatic carbocycles. The van der Waals surface area contributed by atoms with Crippen LogP contribution in [0.2, 0.25) is 0 Å². The molecule has 188 valence electrons. The first-order valence-corrected chi connectivity index (χ1v) is 14.0. The van der Waals surface area contributed by atoms with Crippen molar-refractivity contribution in [3.05, 3.63) is 100 Å². The van der Waals surface area contributed by atoms with Crippen molar-refractivity contribution in [2.75, 3.05) is 12.0 Å². The van der Waals surface area contributed by atoms with Gasteiger partial charge in [0.25, 0.3) is 0 Å². The number of fused-ring (bicyclic) bond motifs is 1. The topological polar surface area (TPSA) is 47.4 Å². The van der Waals surface area contributed by atoms with E-state index in [0.717, 1.165) is 38.2 Å². The smallest absolute Gasteiger partial charge is 0.245 e. The zero-order valence-electron chi connectivity index (χ0n) is 21.0. The average molecular weight is 546 g/mol. The van der Waals surface area contributed by atoms with Crippen molar-refractivity contribution >= 4 is 52.5 Å². The number of thioether (sulfide) groups is 1. The first kappa shape index (κ1) is 25.4. The van der Waals surface area contributed by atoms with Crippen molar-refractivity contribution in [1.82, 2.24) is 9.78 Å². The lowest BCUT2D eigenvalue weighted by Gasteiger charge is -2.43. The molecule has 1 aromatic heterocycles. The second-order valence-electron chi connectivity index (χ2n) is 9.33. The van der Waals surface area contributed by atoms with Gasteiger partial charge in [0, 0.05) is 5.56 Å². The quantitative estimate of drug-likeness (QED) is 0.183. The lowest BCUT2D eigenvalue weighted by atomic mass is 9.88. The number of hydrogen-bond donors (Lipinski definition) is 0. The van der Waals surface area contributed by atoms with Crippen LogP contribution in [0.3, 0.4) is 0 Å². The molecule has 0 bridgehead atoms. The van der Waals surface area contributed by atoms with Gasteiger partial charge in [-0.1, -0.05) is 77.7 Å². The SMILES string of the molecule is COc1ccc2c(c1)C(C)=CC(C)(C)N2C(=O)[C@@H](Sc1nn(-c2ccccc2)c(=S)s1)c1ccccc1. The number of carbonyl (C=O) groups excluding carboxylic acids is 1. The number of amides is 1. The minimum Gasteiger partial charge on any atom is -0.497 e. The van der Waals surface area contributed by atoms with E-state index >= 15 is 0 Å². The molecule has 1 aliphatic heterocycles. The molecule has 0 saturated carbocycles. The van der Waals surface area contributed by atoms with Crippen molar-refractivity contribution < 1.29 is 9.53 Å². The van der Waals surface area contributed by atoms with E-state index in [9.17, 15) is 4.79 Å². The maximum Gasteiger partial charge on any atom is 0.245 e. The van der Waals surface area contributed by atoms with Crippen LogP contribution in [0.5, 0.6) is 5.75 Å². The van der Waals surface area contributed by atoms with Crippen molar-refractivity contribution in [1.29, 1.82) is 0 Å². The van der Waals surface area contributed by atoms with E-state index in [-0.39, 0.29) is 5.91 Å². The van der Waals surface area contributed by atoms with Crippen molar-refractivity contribution in [2.45, 2.75) is 35.9 Å². The Hall–Kier alpha value is -3.20. The number of para-hydroxylation sites is 1. The van der Waals surface area contributed by atoms with E-state index in [1.807, 2.05) is 83.8 Å². The van der Waals surface area contributed by atoms with Gasteiger partial charge in [-0.25, -0.2) is 4.68 Å². The van der Waals surface area contributed by atoms with E-state index in [1.54, 1.807) is 11.8 Å². The molecule has 1 aliphatic rings. The number of allylic oxidation sites excluding steroid dienone is 1. The van der Waals surface area contributed by atoms with Crippen LogP contribution in [0.4, 0.5) is 5.69 Å². The normalized spacial score (nSPS) is 15.0. The molecule has 3 aromatic carbocycles. The Balaban J connectivity index is 1.57. The van der Waals surface area contributed by atoms with Crippen LogP contribution in [0.1, 0.15) is 37.1 Å². The third kappa shape index (κ3) is 5.01. The van der Waals surface area contributed by atoms with Gasteiger partial charge in [0.1, 0.15) is 11.0 Å². The molecule has 0 fully saturated rings. The number of rotatable bonds is 6. The fraction of sp³-hybridized carbons (Fsp3) is 0.207. The van der Waals surface area contributed by atoms with Gasteiger partial charge in [-0.2, -0.15) is 0 Å². The molecule has 8 heteroatoms. The Bertz CT molecular complexity index is 1530. The second-order valence-corrected chi connectivity index (χ2v) is 12.3. The van der Waals surface area contributed by atoms with Crippen LogP contribution < -0.4 is 9.64 Å². The standard InChI is InChI=1S/C29H27N3O2S3/c1-19-18-29(2,3)31(24-16-15-22(34-4)17-23(19)24)26(33)25(20-11-7-5-8-12-20)36-27-30-32(28(35)37-27)21-13-9-6-10-14-21/h5-18,25H,1-4H3/t25-/m0/s1. The van der Waals surface area contributed by atoms with Gasteiger partial charge in [-0.05, 0) is 74.5 Å². The van der Waals surface area contributed by atoms with Gasteiger partial charge in [0.2, 0.25) is 5.91 Å². The van der Waals surface area contributed by atoms with Crippen LogP contribution in [-0.2, 0) is 4.79 Å². The highest BCUT2D eigenvalue weighted by Gasteiger charge is 2.40. The minimum absolute atomic E-state index is 0.0104. The molecule has 0 radical (unpaired) electrons. The molecular formula is C29H27N3O2S3. The van der Waals surface area contributed by atoms with Gasteiger partial charge >= 0.3 is 0 Å². The molecule has 37 heavy (non-hydrogen) atoms. The number of carbonyl (C=O) groups is 1. The zero-order chi connectivity index (χ0) is 26.2. The molecule has 1 amide bonds. The fourth-order valence-electron chi connectivity index (χ4n) is 4.69. The molecule has 0 saturated heterocycles.